The average Bonchev–Trinajstić information content (AvgIpc) is 2.70. The van der Waals surface area contributed by atoms with Gasteiger partial charge in [0.15, 0.2) is 0 Å². The Kier molecular flexibility index (Phi) is 4.45. The summed E-state index contributed by atoms with van der Waals surface area (Å²) in [5.74, 6) is -0.608. The van der Waals surface area contributed by atoms with E-state index in [2.05, 4.69) is 20.1 Å². The van der Waals surface area contributed by atoms with Crippen LogP contribution in [0.1, 0.15) is 6.42 Å². The molecule has 0 saturated carbocycles. The molecule has 1 rings (SSSR count). The maximum Gasteiger partial charge on any atom is 0.439 e. The lowest BCUT2D eigenvalue weighted by Gasteiger charge is -2.08. The lowest BCUT2D eigenvalue weighted by Crippen LogP contribution is -2.41. The number of nitrogens with zero attached hydrogens (tertiary/aromatic N) is 1. The third kappa shape index (κ3) is 3.81. The second-order valence-corrected chi connectivity index (χ2v) is 3.30. The largest absolute Gasteiger partial charge is 0.439 e. The Balaban J connectivity index is 2.43. The van der Waals surface area contributed by atoms with E-state index in [0.717, 1.165) is 13.0 Å². The van der Waals surface area contributed by atoms with Crippen molar-refractivity contribution in [3.05, 3.63) is 0 Å². The van der Waals surface area contributed by atoms with Crippen molar-refractivity contribution in [3.63, 3.8) is 0 Å². The Morgan fingerprint density at radius 2 is 2.33 bits per heavy atom. The van der Waals surface area contributed by atoms with Crippen molar-refractivity contribution in [1.82, 2.24) is 10.6 Å². The minimum absolute atomic E-state index is 0.120. The molecule has 0 spiro atoms. The molecule has 2 amide bonds. The number of rotatable bonds is 1. The van der Waals surface area contributed by atoms with Gasteiger partial charge in [-0.05, 0) is 13.0 Å². The van der Waals surface area contributed by atoms with Crippen molar-refractivity contribution >= 4 is 27.4 Å². The van der Waals surface area contributed by atoms with Gasteiger partial charge in [-0.1, -0.05) is 0 Å². The fraction of sp³-hybridized carbons (Fsp3) is 0.571. The lowest BCUT2D eigenvalue weighted by molar-refractivity contribution is -0.122. The van der Waals surface area contributed by atoms with Crippen LogP contribution in [0.3, 0.4) is 0 Å². The van der Waals surface area contributed by atoms with Crippen LogP contribution in [0.15, 0.2) is 4.99 Å². The Labute approximate surface area is 89.1 Å². The summed E-state index contributed by atoms with van der Waals surface area (Å²) in [6.45, 7) is 1.43. The normalized spacial score (nSPS) is 21.1. The van der Waals surface area contributed by atoms with Gasteiger partial charge in [0, 0.05) is 6.54 Å². The summed E-state index contributed by atoms with van der Waals surface area (Å²) >= 11 is 0. The van der Waals surface area contributed by atoms with Crippen LogP contribution in [-0.4, -0.2) is 31.0 Å². The van der Waals surface area contributed by atoms with Crippen molar-refractivity contribution in [2.75, 3.05) is 13.1 Å². The summed E-state index contributed by atoms with van der Waals surface area (Å²) in [6.07, 6.45) is -0.116. The topological polar surface area (TPSA) is 106 Å². The molecule has 4 N–H and O–H groups in total. The van der Waals surface area contributed by atoms with Gasteiger partial charge >= 0.3 is 6.09 Å². The van der Waals surface area contributed by atoms with Crippen molar-refractivity contribution < 1.29 is 14.1 Å². The third-order valence-electron chi connectivity index (χ3n) is 1.99. The van der Waals surface area contributed by atoms with Gasteiger partial charge in [-0.25, -0.2) is 4.79 Å². The number of amides is 2. The van der Waals surface area contributed by atoms with E-state index in [9.17, 15) is 9.59 Å². The van der Waals surface area contributed by atoms with Crippen molar-refractivity contribution in [3.8, 4) is 0 Å². The lowest BCUT2D eigenvalue weighted by atomic mass is 10.1. The maximum absolute atomic E-state index is 11.5. The third-order valence-corrected chi connectivity index (χ3v) is 2.20. The van der Waals surface area contributed by atoms with Crippen LogP contribution < -0.4 is 16.4 Å². The van der Waals surface area contributed by atoms with Gasteiger partial charge in [0.25, 0.3) is 0 Å². The van der Waals surface area contributed by atoms with E-state index < -0.39 is 6.09 Å². The molecule has 1 aliphatic heterocycles. The van der Waals surface area contributed by atoms with Crippen LogP contribution in [0, 0.1) is 5.92 Å². The van der Waals surface area contributed by atoms with Crippen molar-refractivity contribution in [2.24, 2.45) is 16.6 Å². The van der Waals surface area contributed by atoms with Gasteiger partial charge in [-0.15, -0.1) is 4.99 Å². The number of nitrogens with two attached hydrogens (primary N) is 1. The highest BCUT2D eigenvalue weighted by Crippen LogP contribution is 2.06. The summed E-state index contributed by atoms with van der Waals surface area (Å²) in [6, 6.07) is 0. The summed E-state index contributed by atoms with van der Waals surface area (Å²) in [5, 5.41) is 5.37. The van der Waals surface area contributed by atoms with Gasteiger partial charge in [-0.2, -0.15) is 0 Å². The van der Waals surface area contributed by atoms with Crippen LogP contribution in [-0.2, 0) is 9.32 Å². The number of carbonyl (C=O) groups excluding carboxylic acids is 2. The zero-order chi connectivity index (χ0) is 11.3. The fourth-order valence-electron chi connectivity index (χ4n) is 1.26. The number of hydrogen-bond acceptors (Lipinski definition) is 4. The molecule has 84 valence electrons. The Hall–Kier alpha value is -1.20. The average molecular weight is 232 g/mol. The molecule has 1 fully saturated rings. The zero-order valence-electron chi connectivity index (χ0n) is 8.03. The first kappa shape index (κ1) is 11.9. The van der Waals surface area contributed by atoms with E-state index in [-0.39, 0.29) is 17.8 Å². The maximum atomic E-state index is 11.5. The highest BCUT2D eigenvalue weighted by atomic mass is 31.0. The Morgan fingerprint density at radius 3 is 2.87 bits per heavy atom. The molecule has 0 radical (unpaired) electrons. The van der Waals surface area contributed by atoms with E-state index in [1.807, 2.05) is 0 Å². The van der Waals surface area contributed by atoms with Gasteiger partial charge in [0.05, 0.1) is 15.4 Å². The van der Waals surface area contributed by atoms with Gasteiger partial charge in [0.2, 0.25) is 11.9 Å². The van der Waals surface area contributed by atoms with Crippen molar-refractivity contribution in [1.29, 1.82) is 0 Å². The molecule has 15 heavy (non-hydrogen) atoms. The highest BCUT2D eigenvalue weighted by Gasteiger charge is 2.22. The standard InChI is InChI=1S/C7H13N4O3P/c8-6(11-7(13)14-15)10-5(12)4-1-2-9-3-4/h4,9H,1-3,15H2,(H3,8,10,11,12,13)/t4-/m0/s1. The monoisotopic (exact) mass is 232 g/mol. The minimum atomic E-state index is -0.873. The van der Waals surface area contributed by atoms with Crippen molar-refractivity contribution in [2.45, 2.75) is 6.42 Å². The predicted octanol–water partition coefficient (Wildman–Crippen LogP) is -1.05. The molecule has 0 aromatic carbocycles. The number of nitrogens with one attached hydrogen (secondary N) is 2. The number of carbonyl (C=O) groups is 2. The molecule has 0 bridgehead atoms. The van der Waals surface area contributed by atoms with E-state index in [1.54, 1.807) is 9.47 Å². The molecule has 1 aliphatic rings. The summed E-state index contributed by atoms with van der Waals surface area (Å²) in [4.78, 5) is 25.4. The number of aliphatic imine (C=N–C) groups is 1. The minimum Gasteiger partial charge on any atom is -0.434 e. The molecule has 0 aromatic rings. The Morgan fingerprint density at radius 1 is 1.60 bits per heavy atom. The predicted molar refractivity (Wildman–Crippen MR) is 56.9 cm³/mol. The van der Waals surface area contributed by atoms with Gasteiger partial charge in [0.1, 0.15) is 0 Å². The zero-order valence-corrected chi connectivity index (χ0v) is 9.18. The molecule has 1 heterocycles. The van der Waals surface area contributed by atoms with E-state index >= 15 is 0 Å². The van der Waals surface area contributed by atoms with Crippen LogP contribution >= 0.6 is 9.47 Å². The summed E-state index contributed by atoms with van der Waals surface area (Å²) < 4.78 is 4.17. The van der Waals surface area contributed by atoms with Gasteiger partial charge < -0.3 is 15.6 Å². The fourth-order valence-corrected chi connectivity index (χ4v) is 1.31. The van der Waals surface area contributed by atoms with Gasteiger partial charge in [-0.3, -0.25) is 10.1 Å². The number of hydrogen-bond donors (Lipinski definition) is 3. The van der Waals surface area contributed by atoms with E-state index in [4.69, 9.17) is 5.73 Å². The Bertz CT molecular complexity index is 288. The molecule has 1 unspecified atom stereocenters. The smallest absolute Gasteiger partial charge is 0.434 e. The molecule has 1 saturated heterocycles. The van der Waals surface area contributed by atoms with E-state index in [1.165, 1.54) is 0 Å². The summed E-state index contributed by atoms with van der Waals surface area (Å²) in [5.41, 5.74) is 5.31. The van der Waals surface area contributed by atoms with Crippen LogP contribution in [0.2, 0.25) is 0 Å². The van der Waals surface area contributed by atoms with Crippen LogP contribution in [0.5, 0.6) is 0 Å². The van der Waals surface area contributed by atoms with Crippen LogP contribution in [0.4, 0.5) is 4.79 Å². The second kappa shape index (κ2) is 5.63. The quantitative estimate of drug-likeness (QED) is 0.304. The molecular weight excluding hydrogens is 219 g/mol. The molecule has 0 aromatic heterocycles. The molecular formula is C7H13N4O3P. The first-order chi connectivity index (χ1) is 7.13. The van der Waals surface area contributed by atoms with Crippen LogP contribution in [0.25, 0.3) is 0 Å². The first-order valence-corrected chi connectivity index (χ1v) is 4.87. The second-order valence-electron chi connectivity index (χ2n) is 3.06. The molecule has 7 nitrogen and oxygen atoms in total. The highest BCUT2D eigenvalue weighted by molar-refractivity contribution is 7.10. The molecule has 8 heteroatoms. The van der Waals surface area contributed by atoms with E-state index in [0.29, 0.717) is 6.54 Å². The number of guanidine groups is 1. The first-order valence-electron chi connectivity index (χ1n) is 4.40. The SMILES string of the molecule is NC(=NC(=O)OP)NC(=O)[C@H]1CCNC1. The molecule has 0 aliphatic carbocycles. The molecule has 2 atom stereocenters. The summed E-state index contributed by atoms with van der Waals surface area (Å²) in [7, 11) is 1.74.